The predicted octanol–water partition coefficient (Wildman–Crippen LogP) is 2.20. The van der Waals surface area contributed by atoms with E-state index in [0.717, 1.165) is 0 Å². The molecule has 1 atom stereocenters. The number of rotatable bonds is 5. The van der Waals surface area contributed by atoms with Crippen LogP contribution in [0.5, 0.6) is 17.2 Å². The average Bonchev–Trinajstić information content (AvgIpc) is 3.00. The summed E-state index contributed by atoms with van der Waals surface area (Å²) >= 11 is 0. The van der Waals surface area contributed by atoms with Crippen molar-refractivity contribution in [3.8, 4) is 17.2 Å². The highest BCUT2D eigenvalue weighted by Gasteiger charge is 2.27. The van der Waals surface area contributed by atoms with Crippen molar-refractivity contribution in [2.75, 3.05) is 13.4 Å². The van der Waals surface area contributed by atoms with E-state index in [1.807, 2.05) is 0 Å². The number of fused-ring (bicyclic) bond motifs is 1. The Morgan fingerprint density at radius 3 is 2.80 bits per heavy atom. The number of pyridine rings is 1. The first-order valence-electron chi connectivity index (χ1n) is 7.97. The van der Waals surface area contributed by atoms with Crippen LogP contribution in [0, 0.1) is 6.92 Å². The molecule has 1 aliphatic heterocycles. The largest absolute Gasteiger partial charge is 0.507 e. The van der Waals surface area contributed by atoms with Gasteiger partial charge in [-0.2, -0.15) is 0 Å². The lowest BCUT2D eigenvalue weighted by molar-refractivity contribution is -0.143. The van der Waals surface area contributed by atoms with Gasteiger partial charge in [-0.15, -0.1) is 0 Å². The van der Waals surface area contributed by atoms with Gasteiger partial charge in [-0.1, -0.05) is 6.07 Å². The van der Waals surface area contributed by atoms with Crippen molar-refractivity contribution in [2.45, 2.75) is 26.2 Å². The summed E-state index contributed by atoms with van der Waals surface area (Å²) in [4.78, 5) is 27.1. The smallest absolute Gasteiger partial charge is 0.306 e. The molecule has 1 aromatic carbocycles. The molecule has 3 rings (SSSR count). The van der Waals surface area contributed by atoms with Gasteiger partial charge >= 0.3 is 5.97 Å². The summed E-state index contributed by atoms with van der Waals surface area (Å²) in [7, 11) is 0. The number of ether oxygens (including phenoxy) is 3. The first-order valence-corrected chi connectivity index (χ1v) is 7.97. The van der Waals surface area contributed by atoms with Crippen molar-refractivity contribution in [3.05, 3.63) is 51.4 Å². The first-order chi connectivity index (χ1) is 12.0. The second kappa shape index (κ2) is 6.88. The fourth-order valence-corrected chi connectivity index (χ4v) is 2.92. The minimum atomic E-state index is -0.669. The number of aromatic amines is 1. The first kappa shape index (κ1) is 16.9. The fourth-order valence-electron chi connectivity index (χ4n) is 2.92. The third-order valence-electron chi connectivity index (χ3n) is 4.01. The molecule has 2 N–H and O–H groups in total. The van der Waals surface area contributed by atoms with Crippen LogP contribution in [0.3, 0.4) is 0 Å². The summed E-state index contributed by atoms with van der Waals surface area (Å²) in [6.07, 6.45) is -0.0762. The number of H-pyrrole nitrogens is 1. The highest BCUT2D eigenvalue weighted by Crippen LogP contribution is 2.38. The molecule has 25 heavy (non-hydrogen) atoms. The molecule has 132 valence electrons. The van der Waals surface area contributed by atoms with Crippen molar-refractivity contribution in [3.63, 3.8) is 0 Å². The van der Waals surface area contributed by atoms with Crippen LogP contribution in [0.25, 0.3) is 0 Å². The highest BCUT2D eigenvalue weighted by atomic mass is 16.7. The number of nitrogens with one attached hydrogen (secondary N) is 1. The van der Waals surface area contributed by atoms with E-state index >= 15 is 0 Å². The van der Waals surface area contributed by atoms with Crippen molar-refractivity contribution >= 4 is 5.97 Å². The van der Waals surface area contributed by atoms with Gasteiger partial charge in [0.25, 0.3) is 5.56 Å². The fraction of sp³-hybridized carbons (Fsp3) is 0.333. The molecule has 0 fully saturated rings. The monoisotopic (exact) mass is 345 g/mol. The Hall–Kier alpha value is -2.96. The molecule has 1 aromatic heterocycles. The third-order valence-corrected chi connectivity index (χ3v) is 4.01. The number of carbonyl (C=O) groups is 1. The Morgan fingerprint density at radius 2 is 2.08 bits per heavy atom. The SMILES string of the molecule is CCOC(=O)C[C@@H](c1ccc2c(c1)OCO2)c1c(O)cc(C)[nH]c1=O. The second-order valence-corrected chi connectivity index (χ2v) is 5.75. The van der Waals surface area contributed by atoms with Crippen LogP contribution in [0.4, 0.5) is 0 Å². The zero-order chi connectivity index (χ0) is 18.0. The van der Waals surface area contributed by atoms with E-state index in [9.17, 15) is 14.7 Å². The van der Waals surface area contributed by atoms with Crippen molar-refractivity contribution < 1.29 is 24.1 Å². The molecular weight excluding hydrogens is 326 g/mol. The van der Waals surface area contributed by atoms with Crippen LogP contribution in [-0.2, 0) is 9.53 Å². The number of benzene rings is 1. The van der Waals surface area contributed by atoms with Gasteiger partial charge in [-0.05, 0) is 37.6 Å². The molecule has 0 spiro atoms. The van der Waals surface area contributed by atoms with E-state index in [4.69, 9.17) is 14.2 Å². The number of aryl methyl sites for hydroxylation is 1. The summed E-state index contributed by atoms with van der Waals surface area (Å²) in [6.45, 7) is 3.75. The van der Waals surface area contributed by atoms with Crippen LogP contribution < -0.4 is 15.0 Å². The van der Waals surface area contributed by atoms with E-state index in [2.05, 4.69) is 4.98 Å². The number of aromatic nitrogens is 1. The molecule has 7 nitrogen and oxygen atoms in total. The zero-order valence-corrected chi connectivity index (χ0v) is 14.0. The number of hydrogen-bond donors (Lipinski definition) is 2. The van der Waals surface area contributed by atoms with Crippen molar-refractivity contribution in [2.24, 2.45) is 0 Å². The normalized spacial score (nSPS) is 13.5. The molecule has 0 saturated carbocycles. The van der Waals surface area contributed by atoms with Gasteiger partial charge < -0.3 is 24.3 Å². The van der Waals surface area contributed by atoms with E-state index in [1.54, 1.807) is 32.0 Å². The Kier molecular flexibility index (Phi) is 4.65. The van der Waals surface area contributed by atoms with E-state index in [-0.39, 0.29) is 31.1 Å². The second-order valence-electron chi connectivity index (χ2n) is 5.75. The molecule has 7 heteroatoms. The molecule has 0 amide bonds. The summed E-state index contributed by atoms with van der Waals surface area (Å²) in [5, 5.41) is 10.3. The van der Waals surface area contributed by atoms with E-state index < -0.39 is 17.4 Å². The zero-order valence-electron chi connectivity index (χ0n) is 14.0. The molecular formula is C18H19NO6. The van der Waals surface area contributed by atoms with Gasteiger partial charge in [0, 0.05) is 11.6 Å². The topological polar surface area (TPSA) is 97.8 Å². The molecule has 2 aromatic rings. The summed E-state index contributed by atoms with van der Waals surface area (Å²) in [5.41, 5.74) is 0.871. The molecule has 2 heterocycles. The summed E-state index contributed by atoms with van der Waals surface area (Å²) < 4.78 is 15.7. The quantitative estimate of drug-likeness (QED) is 0.806. The maximum atomic E-state index is 12.4. The highest BCUT2D eigenvalue weighted by molar-refractivity contribution is 5.72. The van der Waals surface area contributed by atoms with Crippen LogP contribution in [-0.4, -0.2) is 29.5 Å². The summed E-state index contributed by atoms with van der Waals surface area (Å²) in [5.74, 6) is -0.147. The van der Waals surface area contributed by atoms with Crippen LogP contribution >= 0.6 is 0 Å². The van der Waals surface area contributed by atoms with Gasteiger partial charge in [0.1, 0.15) is 5.75 Å². The van der Waals surface area contributed by atoms with Crippen LogP contribution in [0.2, 0.25) is 0 Å². The number of hydrogen-bond acceptors (Lipinski definition) is 6. The minimum absolute atomic E-state index is 0.0762. The van der Waals surface area contributed by atoms with Crippen LogP contribution in [0.15, 0.2) is 29.1 Å². The van der Waals surface area contributed by atoms with Gasteiger partial charge in [0.05, 0.1) is 18.6 Å². The Bertz CT molecular complexity index is 857. The van der Waals surface area contributed by atoms with Gasteiger partial charge in [0.2, 0.25) is 6.79 Å². The lowest BCUT2D eigenvalue weighted by Crippen LogP contribution is -2.21. The van der Waals surface area contributed by atoms with E-state index in [1.165, 1.54) is 6.07 Å². The maximum Gasteiger partial charge on any atom is 0.306 e. The molecule has 0 bridgehead atoms. The molecule has 0 radical (unpaired) electrons. The Morgan fingerprint density at radius 1 is 1.32 bits per heavy atom. The van der Waals surface area contributed by atoms with Gasteiger partial charge in [0.15, 0.2) is 11.5 Å². The molecule has 0 saturated heterocycles. The maximum absolute atomic E-state index is 12.4. The van der Waals surface area contributed by atoms with Gasteiger partial charge in [-0.25, -0.2) is 0 Å². The average molecular weight is 345 g/mol. The van der Waals surface area contributed by atoms with Crippen LogP contribution in [0.1, 0.15) is 36.1 Å². The molecule has 0 unspecified atom stereocenters. The van der Waals surface area contributed by atoms with E-state index in [0.29, 0.717) is 22.8 Å². The number of esters is 1. The standard InChI is InChI=1S/C18H19NO6/c1-3-23-16(21)8-12(17-13(20)6-10(2)19-18(17)22)11-4-5-14-15(7-11)25-9-24-14/h4-7,12H,3,8-9H2,1-2H3,(H2,19,20,22)/t12-/m0/s1. The molecule has 1 aliphatic rings. The van der Waals surface area contributed by atoms with Gasteiger partial charge in [-0.3, -0.25) is 9.59 Å². The lowest BCUT2D eigenvalue weighted by atomic mass is 9.88. The third kappa shape index (κ3) is 3.45. The Labute approximate surface area is 144 Å². The van der Waals surface area contributed by atoms with Crippen molar-refractivity contribution in [1.29, 1.82) is 0 Å². The predicted molar refractivity (Wildman–Crippen MR) is 89.1 cm³/mol. The number of aromatic hydroxyl groups is 1. The number of carbonyl (C=O) groups excluding carboxylic acids is 1. The summed E-state index contributed by atoms with van der Waals surface area (Å²) in [6, 6.07) is 6.64. The lowest BCUT2D eigenvalue weighted by Gasteiger charge is -2.18. The van der Waals surface area contributed by atoms with Crippen molar-refractivity contribution in [1.82, 2.24) is 4.98 Å². The minimum Gasteiger partial charge on any atom is -0.507 e. The molecule has 0 aliphatic carbocycles. The Balaban J connectivity index is 2.07.